The van der Waals surface area contributed by atoms with Gasteiger partial charge in [0.2, 0.25) is 0 Å². The summed E-state index contributed by atoms with van der Waals surface area (Å²) in [6.07, 6.45) is 0. The van der Waals surface area contributed by atoms with Crippen LogP contribution in [-0.2, 0) is 9.53 Å². The number of thiazole rings is 1. The molecule has 0 aliphatic carbocycles. The molecule has 5 nitrogen and oxygen atoms in total. The summed E-state index contributed by atoms with van der Waals surface area (Å²) in [5.41, 5.74) is 1.04. The molecule has 1 aliphatic rings. The van der Waals surface area contributed by atoms with Crippen LogP contribution in [0.3, 0.4) is 0 Å². The summed E-state index contributed by atoms with van der Waals surface area (Å²) < 4.78 is 5.33. The first kappa shape index (κ1) is 14.4. The van der Waals surface area contributed by atoms with Crippen molar-refractivity contribution in [2.24, 2.45) is 5.92 Å². The zero-order valence-electron chi connectivity index (χ0n) is 11.7. The van der Waals surface area contributed by atoms with Crippen LogP contribution in [0.1, 0.15) is 28.5 Å². The van der Waals surface area contributed by atoms with Gasteiger partial charge in [-0.15, -0.1) is 11.3 Å². The van der Waals surface area contributed by atoms with Crippen molar-refractivity contribution in [2.75, 3.05) is 20.3 Å². The van der Waals surface area contributed by atoms with Gasteiger partial charge in [0.1, 0.15) is 0 Å². The van der Waals surface area contributed by atoms with E-state index in [0.717, 1.165) is 10.7 Å². The minimum Gasteiger partial charge on any atom is -0.481 e. The number of rotatable bonds is 4. The van der Waals surface area contributed by atoms with E-state index in [1.807, 2.05) is 14.0 Å². The highest BCUT2D eigenvalue weighted by Gasteiger charge is 2.38. The van der Waals surface area contributed by atoms with Crippen molar-refractivity contribution in [3.8, 4) is 0 Å². The number of likely N-dealkylation sites (N-methyl/N-ethyl adjacent to an activating group) is 1. The van der Waals surface area contributed by atoms with E-state index in [2.05, 4.69) is 23.7 Å². The minimum atomic E-state index is -0.785. The number of carboxylic acids is 1. The van der Waals surface area contributed by atoms with Gasteiger partial charge in [-0.2, -0.15) is 0 Å². The van der Waals surface area contributed by atoms with Crippen LogP contribution in [0.2, 0.25) is 0 Å². The fourth-order valence-corrected chi connectivity index (χ4v) is 3.50. The molecule has 1 fully saturated rings. The van der Waals surface area contributed by atoms with E-state index < -0.39 is 11.9 Å². The molecule has 2 rings (SSSR count). The molecule has 6 heteroatoms. The van der Waals surface area contributed by atoms with Gasteiger partial charge in [0.15, 0.2) is 0 Å². The number of aryl methyl sites for hydroxylation is 2. The molecule has 1 aliphatic heterocycles. The minimum absolute atomic E-state index is 0.0890. The number of nitrogens with zero attached hydrogens (tertiary/aromatic N) is 2. The molecule has 1 aromatic rings. The average molecular weight is 284 g/mol. The van der Waals surface area contributed by atoms with Crippen molar-refractivity contribution >= 4 is 17.3 Å². The van der Waals surface area contributed by atoms with Crippen LogP contribution in [0.15, 0.2) is 0 Å². The van der Waals surface area contributed by atoms with E-state index in [1.165, 1.54) is 4.88 Å². The van der Waals surface area contributed by atoms with Gasteiger partial charge in [0.05, 0.1) is 35.9 Å². The second kappa shape index (κ2) is 5.56. The van der Waals surface area contributed by atoms with Crippen molar-refractivity contribution in [2.45, 2.75) is 32.9 Å². The predicted molar refractivity (Wildman–Crippen MR) is 73.5 cm³/mol. The van der Waals surface area contributed by atoms with Crippen LogP contribution in [0.4, 0.5) is 0 Å². The lowest BCUT2D eigenvalue weighted by atomic mass is 10.0. The molecule has 1 aromatic heterocycles. The van der Waals surface area contributed by atoms with Crippen LogP contribution in [-0.4, -0.2) is 47.3 Å². The predicted octanol–water partition coefficient (Wildman–Crippen LogP) is 1.85. The SMILES string of the molecule is Cc1nc(C(C)N(C)C2COCC2C(=O)O)c(C)s1. The molecule has 1 saturated heterocycles. The Hall–Kier alpha value is -0.980. The van der Waals surface area contributed by atoms with Crippen LogP contribution < -0.4 is 0 Å². The molecule has 0 spiro atoms. The Balaban J connectivity index is 2.17. The molecule has 3 unspecified atom stereocenters. The summed E-state index contributed by atoms with van der Waals surface area (Å²) in [6.45, 7) is 6.89. The molecule has 106 valence electrons. The summed E-state index contributed by atoms with van der Waals surface area (Å²) in [5.74, 6) is -1.24. The molecule has 3 atom stereocenters. The van der Waals surface area contributed by atoms with Crippen LogP contribution in [0, 0.1) is 19.8 Å². The van der Waals surface area contributed by atoms with E-state index >= 15 is 0 Å². The van der Waals surface area contributed by atoms with E-state index in [0.29, 0.717) is 13.2 Å². The average Bonchev–Trinajstić information content (AvgIpc) is 2.93. The van der Waals surface area contributed by atoms with Crippen molar-refractivity contribution in [1.29, 1.82) is 0 Å². The van der Waals surface area contributed by atoms with Gasteiger partial charge < -0.3 is 9.84 Å². The first-order valence-electron chi connectivity index (χ1n) is 6.38. The molecule has 0 bridgehead atoms. The van der Waals surface area contributed by atoms with Gasteiger partial charge in [0.25, 0.3) is 0 Å². The Morgan fingerprint density at radius 2 is 2.21 bits per heavy atom. The van der Waals surface area contributed by atoms with E-state index in [4.69, 9.17) is 4.74 Å². The quantitative estimate of drug-likeness (QED) is 0.914. The van der Waals surface area contributed by atoms with Crippen LogP contribution in [0.25, 0.3) is 0 Å². The van der Waals surface area contributed by atoms with E-state index in [1.54, 1.807) is 11.3 Å². The molecule has 19 heavy (non-hydrogen) atoms. The Labute approximate surface area is 117 Å². The third-order valence-electron chi connectivity index (χ3n) is 3.84. The van der Waals surface area contributed by atoms with Gasteiger partial charge in [-0.25, -0.2) is 4.98 Å². The zero-order valence-corrected chi connectivity index (χ0v) is 12.5. The Bertz CT molecular complexity index is 474. The normalized spacial score (nSPS) is 24.9. The van der Waals surface area contributed by atoms with Crippen molar-refractivity contribution in [3.63, 3.8) is 0 Å². The highest BCUT2D eigenvalue weighted by atomic mass is 32.1. The van der Waals surface area contributed by atoms with Crippen molar-refractivity contribution < 1.29 is 14.6 Å². The molecular formula is C13H20N2O3S. The topological polar surface area (TPSA) is 62.7 Å². The van der Waals surface area contributed by atoms with E-state index in [9.17, 15) is 9.90 Å². The zero-order chi connectivity index (χ0) is 14.2. The molecule has 1 N–H and O–H groups in total. The Kier molecular flexibility index (Phi) is 4.23. The first-order chi connectivity index (χ1) is 8.91. The van der Waals surface area contributed by atoms with Crippen LogP contribution in [0.5, 0.6) is 0 Å². The lowest BCUT2D eigenvalue weighted by Gasteiger charge is -2.31. The summed E-state index contributed by atoms with van der Waals surface area (Å²) in [7, 11) is 1.95. The largest absolute Gasteiger partial charge is 0.481 e. The van der Waals surface area contributed by atoms with Gasteiger partial charge in [0, 0.05) is 10.9 Å². The number of hydrogen-bond donors (Lipinski definition) is 1. The number of carbonyl (C=O) groups is 1. The molecule has 0 aromatic carbocycles. The Morgan fingerprint density at radius 3 is 2.74 bits per heavy atom. The van der Waals surface area contributed by atoms with Gasteiger partial charge in [-0.05, 0) is 27.8 Å². The molecule has 0 saturated carbocycles. The maximum Gasteiger partial charge on any atom is 0.310 e. The second-order valence-corrected chi connectivity index (χ2v) is 6.47. The molecule has 0 amide bonds. The number of aliphatic carboxylic acids is 1. The van der Waals surface area contributed by atoms with Crippen LogP contribution >= 0.6 is 11.3 Å². The summed E-state index contributed by atoms with van der Waals surface area (Å²) in [4.78, 5) is 19.1. The van der Waals surface area contributed by atoms with Gasteiger partial charge in [-0.1, -0.05) is 0 Å². The van der Waals surface area contributed by atoms with Crippen molar-refractivity contribution in [1.82, 2.24) is 9.88 Å². The lowest BCUT2D eigenvalue weighted by molar-refractivity contribution is -0.143. The maximum absolute atomic E-state index is 11.2. The number of carboxylic acid groups (broad SMARTS) is 1. The van der Waals surface area contributed by atoms with Gasteiger partial charge >= 0.3 is 5.97 Å². The third-order valence-corrected chi connectivity index (χ3v) is 4.74. The molecule has 0 radical (unpaired) electrons. The lowest BCUT2D eigenvalue weighted by Crippen LogP contribution is -2.42. The fourth-order valence-electron chi connectivity index (χ4n) is 2.59. The summed E-state index contributed by atoms with van der Waals surface area (Å²) in [5, 5.41) is 10.3. The molecule has 2 heterocycles. The summed E-state index contributed by atoms with van der Waals surface area (Å²) in [6, 6.07) is 0.00686. The number of hydrogen-bond acceptors (Lipinski definition) is 5. The smallest absolute Gasteiger partial charge is 0.310 e. The Morgan fingerprint density at radius 1 is 1.53 bits per heavy atom. The standard InChI is InChI=1S/C13H20N2O3S/c1-7(12-8(2)19-9(3)14-12)15(4)11-6-18-5-10(11)13(16)17/h7,10-11H,5-6H2,1-4H3,(H,16,17). The number of aromatic nitrogens is 1. The summed E-state index contributed by atoms with van der Waals surface area (Å²) >= 11 is 1.68. The van der Waals surface area contributed by atoms with E-state index in [-0.39, 0.29) is 12.1 Å². The second-order valence-electron chi connectivity index (χ2n) is 5.07. The third kappa shape index (κ3) is 2.80. The maximum atomic E-state index is 11.2. The highest BCUT2D eigenvalue weighted by molar-refractivity contribution is 7.11. The van der Waals surface area contributed by atoms with Gasteiger partial charge in [-0.3, -0.25) is 9.69 Å². The fraction of sp³-hybridized carbons (Fsp3) is 0.692. The monoisotopic (exact) mass is 284 g/mol. The number of ether oxygens (including phenoxy) is 1. The van der Waals surface area contributed by atoms with Crippen molar-refractivity contribution in [3.05, 3.63) is 15.6 Å². The molecular weight excluding hydrogens is 264 g/mol. The first-order valence-corrected chi connectivity index (χ1v) is 7.20. The highest BCUT2D eigenvalue weighted by Crippen LogP contribution is 2.30.